The van der Waals surface area contributed by atoms with E-state index in [9.17, 15) is 9.59 Å². The highest BCUT2D eigenvalue weighted by molar-refractivity contribution is 9.10. The molecule has 6 heteroatoms. The van der Waals surface area contributed by atoms with Crippen molar-refractivity contribution in [3.05, 3.63) is 52.0 Å². The molecule has 2 amide bonds. The summed E-state index contributed by atoms with van der Waals surface area (Å²) in [6, 6.07) is 10.5. The third-order valence-corrected chi connectivity index (χ3v) is 4.16. The molecule has 0 fully saturated rings. The van der Waals surface area contributed by atoms with Gasteiger partial charge in [0.15, 0.2) is 6.61 Å². The van der Waals surface area contributed by atoms with E-state index in [1.54, 1.807) is 18.2 Å². The van der Waals surface area contributed by atoms with Gasteiger partial charge in [0.05, 0.1) is 5.69 Å². The van der Waals surface area contributed by atoms with Crippen molar-refractivity contribution in [3.8, 4) is 5.75 Å². The lowest BCUT2D eigenvalue weighted by atomic mass is 10.1. The molecule has 0 spiro atoms. The number of carbonyl (C=O) groups excluding carboxylic acids is 2. The molecule has 0 radical (unpaired) electrons. The van der Waals surface area contributed by atoms with Gasteiger partial charge in [-0.25, -0.2) is 0 Å². The Balaban J connectivity index is 1.81. The van der Waals surface area contributed by atoms with Crippen LogP contribution in [0.1, 0.15) is 15.9 Å². The van der Waals surface area contributed by atoms with Crippen LogP contribution in [0.5, 0.6) is 5.75 Å². The SMILES string of the molecule is Cc1ccc(NC(=O)c2ccc3c(c2)NC(=O)CO3)cc1Br. The van der Waals surface area contributed by atoms with E-state index in [2.05, 4.69) is 26.6 Å². The number of aryl methyl sites for hydroxylation is 1. The van der Waals surface area contributed by atoms with E-state index in [4.69, 9.17) is 4.74 Å². The Bertz CT molecular complexity index is 774. The van der Waals surface area contributed by atoms with E-state index < -0.39 is 0 Å². The van der Waals surface area contributed by atoms with Crippen LogP contribution in [0.2, 0.25) is 0 Å². The first kappa shape index (κ1) is 14.6. The number of fused-ring (bicyclic) bond motifs is 1. The van der Waals surface area contributed by atoms with Crippen LogP contribution in [0.3, 0.4) is 0 Å². The van der Waals surface area contributed by atoms with Crippen LogP contribution in [-0.2, 0) is 4.79 Å². The number of hydrogen-bond acceptors (Lipinski definition) is 3. The quantitative estimate of drug-likeness (QED) is 0.862. The number of rotatable bonds is 2. The fourth-order valence-corrected chi connectivity index (χ4v) is 2.48. The molecule has 0 saturated heterocycles. The molecule has 1 aliphatic heterocycles. The molecule has 3 rings (SSSR count). The molecule has 0 saturated carbocycles. The number of ether oxygens (including phenoxy) is 1. The van der Waals surface area contributed by atoms with Gasteiger partial charge in [-0.05, 0) is 42.8 Å². The van der Waals surface area contributed by atoms with Gasteiger partial charge in [0.1, 0.15) is 5.75 Å². The second kappa shape index (κ2) is 5.81. The highest BCUT2D eigenvalue weighted by atomic mass is 79.9. The molecule has 0 unspecified atom stereocenters. The van der Waals surface area contributed by atoms with E-state index in [-0.39, 0.29) is 18.4 Å². The zero-order valence-corrected chi connectivity index (χ0v) is 13.4. The highest BCUT2D eigenvalue weighted by Crippen LogP contribution is 2.29. The number of hydrogen-bond donors (Lipinski definition) is 2. The van der Waals surface area contributed by atoms with Gasteiger partial charge in [0.2, 0.25) is 0 Å². The Morgan fingerprint density at radius 3 is 2.86 bits per heavy atom. The van der Waals surface area contributed by atoms with E-state index >= 15 is 0 Å². The Labute approximate surface area is 135 Å². The summed E-state index contributed by atoms with van der Waals surface area (Å²) in [5.41, 5.74) is 2.74. The van der Waals surface area contributed by atoms with Gasteiger partial charge in [-0.2, -0.15) is 0 Å². The molecular formula is C16H13BrN2O3. The first-order chi connectivity index (χ1) is 10.5. The predicted molar refractivity (Wildman–Crippen MR) is 87.4 cm³/mol. The average molecular weight is 361 g/mol. The average Bonchev–Trinajstić information content (AvgIpc) is 2.50. The minimum Gasteiger partial charge on any atom is -0.482 e. The van der Waals surface area contributed by atoms with E-state index in [0.717, 1.165) is 10.0 Å². The minimum absolute atomic E-state index is 0.00403. The number of amides is 2. The molecule has 5 nitrogen and oxygen atoms in total. The zero-order valence-electron chi connectivity index (χ0n) is 11.8. The number of anilines is 2. The van der Waals surface area contributed by atoms with Crippen LogP contribution < -0.4 is 15.4 Å². The van der Waals surface area contributed by atoms with Crippen LogP contribution in [0.15, 0.2) is 40.9 Å². The number of nitrogens with one attached hydrogen (secondary N) is 2. The molecule has 2 aromatic rings. The largest absolute Gasteiger partial charge is 0.482 e. The van der Waals surface area contributed by atoms with Gasteiger partial charge >= 0.3 is 0 Å². The monoisotopic (exact) mass is 360 g/mol. The zero-order chi connectivity index (χ0) is 15.7. The number of halogens is 1. The summed E-state index contributed by atoms with van der Waals surface area (Å²) < 4.78 is 6.19. The maximum absolute atomic E-state index is 12.3. The van der Waals surface area contributed by atoms with Crippen molar-refractivity contribution in [1.29, 1.82) is 0 Å². The van der Waals surface area contributed by atoms with Gasteiger partial charge in [-0.15, -0.1) is 0 Å². The molecular weight excluding hydrogens is 348 g/mol. The number of carbonyl (C=O) groups is 2. The van der Waals surface area contributed by atoms with Crippen molar-refractivity contribution in [3.63, 3.8) is 0 Å². The smallest absolute Gasteiger partial charge is 0.262 e. The predicted octanol–water partition coefficient (Wildman–Crippen LogP) is 3.34. The maximum atomic E-state index is 12.3. The van der Waals surface area contributed by atoms with Gasteiger partial charge in [0, 0.05) is 15.7 Å². The normalized spacial score (nSPS) is 12.9. The van der Waals surface area contributed by atoms with Crippen LogP contribution in [0, 0.1) is 6.92 Å². The first-order valence-corrected chi connectivity index (χ1v) is 7.46. The second-order valence-electron chi connectivity index (χ2n) is 4.97. The summed E-state index contributed by atoms with van der Waals surface area (Å²) >= 11 is 3.43. The highest BCUT2D eigenvalue weighted by Gasteiger charge is 2.18. The molecule has 1 heterocycles. The van der Waals surface area contributed by atoms with Crippen molar-refractivity contribution in [2.75, 3.05) is 17.2 Å². The van der Waals surface area contributed by atoms with E-state index in [1.807, 2.05) is 25.1 Å². The van der Waals surface area contributed by atoms with Crippen molar-refractivity contribution >= 4 is 39.1 Å². The lowest BCUT2D eigenvalue weighted by molar-refractivity contribution is -0.118. The van der Waals surface area contributed by atoms with Crippen molar-refractivity contribution in [1.82, 2.24) is 0 Å². The third-order valence-electron chi connectivity index (χ3n) is 3.30. The Hall–Kier alpha value is -2.34. The molecule has 112 valence electrons. The Kier molecular flexibility index (Phi) is 3.85. The maximum Gasteiger partial charge on any atom is 0.262 e. The standard InChI is InChI=1S/C16H13BrN2O3/c1-9-2-4-11(7-12(9)17)18-16(21)10-3-5-14-13(6-10)19-15(20)8-22-14/h2-7H,8H2,1H3,(H,18,21)(H,19,20). The minimum atomic E-state index is -0.252. The van der Waals surface area contributed by atoms with E-state index in [0.29, 0.717) is 22.7 Å². The van der Waals surface area contributed by atoms with Crippen LogP contribution in [-0.4, -0.2) is 18.4 Å². The fourth-order valence-electron chi connectivity index (χ4n) is 2.10. The summed E-state index contributed by atoms with van der Waals surface area (Å²) in [6.07, 6.45) is 0. The molecule has 2 aromatic carbocycles. The molecule has 0 bridgehead atoms. The van der Waals surface area contributed by atoms with Gasteiger partial charge in [-0.3, -0.25) is 9.59 Å². The lowest BCUT2D eigenvalue weighted by Gasteiger charge is -2.18. The van der Waals surface area contributed by atoms with Gasteiger partial charge in [0.25, 0.3) is 11.8 Å². The van der Waals surface area contributed by atoms with Crippen LogP contribution >= 0.6 is 15.9 Å². The second-order valence-corrected chi connectivity index (χ2v) is 5.82. The topological polar surface area (TPSA) is 67.4 Å². The lowest BCUT2D eigenvalue weighted by Crippen LogP contribution is -2.25. The summed E-state index contributed by atoms with van der Waals surface area (Å²) in [6.45, 7) is 1.97. The summed E-state index contributed by atoms with van der Waals surface area (Å²) in [7, 11) is 0. The van der Waals surface area contributed by atoms with Crippen LogP contribution in [0.25, 0.3) is 0 Å². The van der Waals surface area contributed by atoms with Gasteiger partial charge < -0.3 is 15.4 Å². The Morgan fingerprint density at radius 1 is 1.27 bits per heavy atom. The van der Waals surface area contributed by atoms with Crippen LogP contribution in [0.4, 0.5) is 11.4 Å². The third kappa shape index (κ3) is 2.96. The molecule has 0 aromatic heterocycles. The summed E-state index contributed by atoms with van der Waals surface area (Å²) in [5.74, 6) is 0.0835. The molecule has 2 N–H and O–H groups in total. The summed E-state index contributed by atoms with van der Waals surface area (Å²) in [5, 5.41) is 5.51. The van der Waals surface area contributed by atoms with E-state index in [1.165, 1.54) is 0 Å². The molecule has 0 aliphatic carbocycles. The fraction of sp³-hybridized carbons (Fsp3) is 0.125. The molecule has 1 aliphatic rings. The molecule has 22 heavy (non-hydrogen) atoms. The van der Waals surface area contributed by atoms with Gasteiger partial charge in [-0.1, -0.05) is 22.0 Å². The first-order valence-electron chi connectivity index (χ1n) is 6.67. The van der Waals surface area contributed by atoms with Crippen molar-refractivity contribution in [2.24, 2.45) is 0 Å². The van der Waals surface area contributed by atoms with Crippen molar-refractivity contribution < 1.29 is 14.3 Å². The Morgan fingerprint density at radius 2 is 2.09 bits per heavy atom. The molecule has 0 atom stereocenters. The van der Waals surface area contributed by atoms with Crippen molar-refractivity contribution in [2.45, 2.75) is 6.92 Å². The summed E-state index contributed by atoms with van der Waals surface area (Å²) in [4.78, 5) is 23.6. The number of benzene rings is 2.